The maximum absolute atomic E-state index is 12.4. The van der Waals surface area contributed by atoms with Gasteiger partial charge < -0.3 is 9.32 Å². The fourth-order valence-electron chi connectivity index (χ4n) is 2.49. The highest BCUT2D eigenvalue weighted by molar-refractivity contribution is 9.10. The van der Waals surface area contributed by atoms with Gasteiger partial charge in [0.25, 0.3) is 5.91 Å². The number of aromatic nitrogens is 2. The van der Waals surface area contributed by atoms with Crippen molar-refractivity contribution >= 4 is 21.8 Å². The van der Waals surface area contributed by atoms with E-state index in [0.29, 0.717) is 18.8 Å². The highest BCUT2D eigenvalue weighted by Crippen LogP contribution is 2.17. The van der Waals surface area contributed by atoms with Crippen molar-refractivity contribution in [2.75, 3.05) is 26.2 Å². The largest absolute Gasteiger partial charge is 0.468 e. The molecule has 0 aliphatic carbocycles. The first-order chi connectivity index (χ1) is 10.1. The van der Waals surface area contributed by atoms with Crippen LogP contribution in [-0.4, -0.2) is 51.7 Å². The molecule has 1 amide bonds. The van der Waals surface area contributed by atoms with Crippen molar-refractivity contribution in [3.05, 3.63) is 40.5 Å². The van der Waals surface area contributed by atoms with E-state index < -0.39 is 0 Å². The SMILES string of the molecule is Cn1cc(Br)c(C(=O)N2CCN(Cc3ccco3)CC2)n1. The minimum absolute atomic E-state index is 0.0138. The molecule has 2 aromatic heterocycles. The number of carbonyl (C=O) groups excluding carboxylic acids is 1. The molecular formula is C14H17BrN4O2. The lowest BCUT2D eigenvalue weighted by Gasteiger charge is -2.33. The van der Waals surface area contributed by atoms with Crippen molar-refractivity contribution in [2.24, 2.45) is 7.05 Å². The Hall–Kier alpha value is -1.60. The maximum Gasteiger partial charge on any atom is 0.275 e. The molecule has 2 aromatic rings. The molecule has 0 atom stereocenters. The standard InChI is InChI=1S/C14H17BrN4O2/c1-17-10-12(15)13(16-17)14(20)19-6-4-18(5-7-19)9-11-3-2-8-21-11/h2-3,8,10H,4-7,9H2,1H3. The Labute approximate surface area is 131 Å². The summed E-state index contributed by atoms with van der Waals surface area (Å²) in [5, 5.41) is 4.22. The molecule has 21 heavy (non-hydrogen) atoms. The van der Waals surface area contributed by atoms with Gasteiger partial charge in [-0.3, -0.25) is 14.4 Å². The normalized spacial score (nSPS) is 16.4. The summed E-state index contributed by atoms with van der Waals surface area (Å²) in [5.74, 6) is 0.947. The van der Waals surface area contributed by atoms with Gasteiger partial charge in [0.05, 0.1) is 17.3 Å². The van der Waals surface area contributed by atoms with E-state index in [1.165, 1.54) is 0 Å². The van der Waals surface area contributed by atoms with E-state index in [0.717, 1.165) is 29.9 Å². The van der Waals surface area contributed by atoms with Crippen molar-refractivity contribution in [1.82, 2.24) is 19.6 Å². The van der Waals surface area contributed by atoms with Crippen LogP contribution in [0, 0.1) is 0 Å². The van der Waals surface area contributed by atoms with E-state index in [9.17, 15) is 4.79 Å². The van der Waals surface area contributed by atoms with Gasteiger partial charge >= 0.3 is 0 Å². The van der Waals surface area contributed by atoms with Crippen LogP contribution in [0.1, 0.15) is 16.2 Å². The summed E-state index contributed by atoms with van der Waals surface area (Å²) in [6.07, 6.45) is 3.48. The summed E-state index contributed by atoms with van der Waals surface area (Å²) < 4.78 is 7.74. The van der Waals surface area contributed by atoms with Crippen LogP contribution in [-0.2, 0) is 13.6 Å². The van der Waals surface area contributed by atoms with Crippen molar-refractivity contribution in [3.8, 4) is 0 Å². The molecule has 1 fully saturated rings. The van der Waals surface area contributed by atoms with Gasteiger partial charge in [-0.25, -0.2) is 0 Å². The number of furan rings is 1. The van der Waals surface area contributed by atoms with E-state index in [-0.39, 0.29) is 5.91 Å². The van der Waals surface area contributed by atoms with Crippen molar-refractivity contribution in [3.63, 3.8) is 0 Å². The summed E-state index contributed by atoms with van der Waals surface area (Å²) in [4.78, 5) is 16.6. The lowest BCUT2D eigenvalue weighted by molar-refractivity contribution is 0.0613. The molecule has 0 saturated carbocycles. The summed E-state index contributed by atoms with van der Waals surface area (Å²) in [6.45, 7) is 3.90. The van der Waals surface area contributed by atoms with Gasteiger partial charge in [0.1, 0.15) is 5.76 Å². The van der Waals surface area contributed by atoms with Gasteiger partial charge in [-0.2, -0.15) is 5.10 Å². The smallest absolute Gasteiger partial charge is 0.275 e. The first kappa shape index (κ1) is 14.3. The minimum Gasteiger partial charge on any atom is -0.468 e. The van der Waals surface area contributed by atoms with Crippen LogP contribution in [0.4, 0.5) is 0 Å². The summed E-state index contributed by atoms with van der Waals surface area (Å²) >= 11 is 3.38. The average molecular weight is 353 g/mol. The van der Waals surface area contributed by atoms with Gasteiger partial charge in [0.2, 0.25) is 0 Å². The highest BCUT2D eigenvalue weighted by Gasteiger charge is 2.25. The third-order valence-corrected chi connectivity index (χ3v) is 4.19. The van der Waals surface area contributed by atoms with Crippen LogP contribution in [0.3, 0.4) is 0 Å². The van der Waals surface area contributed by atoms with Gasteiger partial charge in [0.15, 0.2) is 5.69 Å². The van der Waals surface area contributed by atoms with E-state index in [4.69, 9.17) is 4.42 Å². The first-order valence-electron chi connectivity index (χ1n) is 6.86. The Morgan fingerprint density at radius 1 is 1.38 bits per heavy atom. The monoisotopic (exact) mass is 352 g/mol. The number of carbonyl (C=O) groups is 1. The van der Waals surface area contributed by atoms with E-state index >= 15 is 0 Å². The predicted molar refractivity (Wildman–Crippen MR) is 80.8 cm³/mol. The topological polar surface area (TPSA) is 54.5 Å². The molecule has 1 aliphatic rings. The third-order valence-electron chi connectivity index (χ3n) is 3.61. The minimum atomic E-state index is -0.0138. The van der Waals surface area contributed by atoms with Crippen LogP contribution < -0.4 is 0 Å². The van der Waals surface area contributed by atoms with Crippen LogP contribution in [0.25, 0.3) is 0 Å². The number of aryl methyl sites for hydroxylation is 1. The van der Waals surface area contributed by atoms with Crippen LogP contribution in [0.2, 0.25) is 0 Å². The quantitative estimate of drug-likeness (QED) is 0.844. The van der Waals surface area contributed by atoms with Crippen LogP contribution >= 0.6 is 15.9 Å². The molecule has 3 rings (SSSR count). The number of nitrogens with zero attached hydrogens (tertiary/aromatic N) is 4. The summed E-state index contributed by atoms with van der Waals surface area (Å²) in [5.41, 5.74) is 0.483. The number of hydrogen-bond acceptors (Lipinski definition) is 4. The molecule has 0 bridgehead atoms. The Bertz CT molecular complexity index is 615. The number of halogens is 1. The van der Waals surface area contributed by atoms with Gasteiger partial charge in [-0.05, 0) is 28.1 Å². The molecule has 6 nitrogen and oxygen atoms in total. The van der Waals surface area contributed by atoms with Crippen molar-refractivity contribution < 1.29 is 9.21 Å². The fraction of sp³-hybridized carbons (Fsp3) is 0.429. The van der Waals surface area contributed by atoms with Gasteiger partial charge in [-0.1, -0.05) is 0 Å². The van der Waals surface area contributed by atoms with E-state index in [2.05, 4.69) is 25.9 Å². The highest BCUT2D eigenvalue weighted by atomic mass is 79.9. The second kappa shape index (κ2) is 6.03. The maximum atomic E-state index is 12.4. The molecule has 1 aliphatic heterocycles. The van der Waals surface area contributed by atoms with Crippen molar-refractivity contribution in [2.45, 2.75) is 6.54 Å². The predicted octanol–water partition coefficient (Wildman–Crippen LogP) is 1.73. The molecule has 3 heterocycles. The molecule has 0 spiro atoms. The zero-order valence-corrected chi connectivity index (χ0v) is 13.4. The lowest BCUT2D eigenvalue weighted by Crippen LogP contribution is -2.48. The lowest BCUT2D eigenvalue weighted by atomic mass is 10.2. The van der Waals surface area contributed by atoms with Crippen LogP contribution in [0.5, 0.6) is 0 Å². The first-order valence-corrected chi connectivity index (χ1v) is 7.66. The fourth-order valence-corrected chi connectivity index (χ4v) is 3.03. The Kier molecular flexibility index (Phi) is 4.12. The average Bonchev–Trinajstić information content (AvgIpc) is 3.08. The van der Waals surface area contributed by atoms with E-state index in [1.807, 2.05) is 24.1 Å². The number of amides is 1. The zero-order chi connectivity index (χ0) is 14.8. The van der Waals surface area contributed by atoms with E-state index in [1.54, 1.807) is 17.1 Å². The second-order valence-electron chi connectivity index (χ2n) is 5.15. The Morgan fingerprint density at radius 3 is 2.71 bits per heavy atom. The molecular weight excluding hydrogens is 336 g/mol. The molecule has 112 valence electrons. The molecule has 7 heteroatoms. The molecule has 1 saturated heterocycles. The summed E-state index contributed by atoms with van der Waals surface area (Å²) in [7, 11) is 1.81. The second-order valence-corrected chi connectivity index (χ2v) is 6.00. The zero-order valence-electron chi connectivity index (χ0n) is 11.8. The Morgan fingerprint density at radius 2 is 2.14 bits per heavy atom. The summed E-state index contributed by atoms with van der Waals surface area (Å²) in [6, 6.07) is 3.87. The molecule has 0 unspecified atom stereocenters. The molecule has 0 N–H and O–H groups in total. The van der Waals surface area contributed by atoms with Crippen LogP contribution in [0.15, 0.2) is 33.5 Å². The van der Waals surface area contributed by atoms with Crippen molar-refractivity contribution in [1.29, 1.82) is 0 Å². The molecule has 0 aromatic carbocycles. The molecule has 0 radical (unpaired) electrons. The number of rotatable bonds is 3. The van der Waals surface area contributed by atoms with Gasteiger partial charge in [0, 0.05) is 39.4 Å². The number of piperazine rings is 1. The third kappa shape index (κ3) is 3.19. The van der Waals surface area contributed by atoms with Gasteiger partial charge in [-0.15, -0.1) is 0 Å². The number of hydrogen-bond donors (Lipinski definition) is 0. The Balaban J connectivity index is 1.58.